The Labute approximate surface area is 86.4 Å². The molecule has 2 N–H and O–H groups in total. The van der Waals surface area contributed by atoms with Crippen LogP contribution >= 0.6 is 0 Å². The van der Waals surface area contributed by atoms with E-state index in [0.717, 1.165) is 25.0 Å². The zero-order valence-electron chi connectivity index (χ0n) is 9.08. The van der Waals surface area contributed by atoms with Crippen molar-refractivity contribution < 1.29 is 0 Å². The molecule has 2 aliphatic carbocycles. The Morgan fingerprint density at radius 3 is 2.50 bits per heavy atom. The summed E-state index contributed by atoms with van der Waals surface area (Å²) in [5, 5.41) is 0. The Balaban J connectivity index is 1.83. The second kappa shape index (κ2) is 4.20. The van der Waals surface area contributed by atoms with E-state index < -0.39 is 0 Å². The Morgan fingerprint density at radius 1 is 1.36 bits per heavy atom. The summed E-state index contributed by atoms with van der Waals surface area (Å²) in [6.45, 7) is 4.28. The molecule has 0 spiro atoms. The van der Waals surface area contributed by atoms with E-state index in [1.807, 2.05) is 0 Å². The molecular formula is C11H21N3. The Hall–Kier alpha value is -0.730. The molecule has 0 unspecified atom stereocenters. The molecule has 0 aromatic carbocycles. The number of nitrogens with two attached hydrogens (primary N) is 1. The highest BCUT2D eigenvalue weighted by Crippen LogP contribution is 2.27. The molecule has 3 heteroatoms. The molecule has 0 aliphatic heterocycles. The van der Waals surface area contributed by atoms with Gasteiger partial charge in [-0.3, -0.25) is 0 Å². The van der Waals surface area contributed by atoms with Crippen molar-refractivity contribution in [3.8, 4) is 0 Å². The molecule has 2 aliphatic rings. The fourth-order valence-electron chi connectivity index (χ4n) is 1.84. The number of hydrogen-bond acceptors (Lipinski definition) is 1. The fourth-order valence-corrected chi connectivity index (χ4v) is 1.84. The van der Waals surface area contributed by atoms with E-state index in [-0.39, 0.29) is 0 Å². The third kappa shape index (κ3) is 2.40. The summed E-state index contributed by atoms with van der Waals surface area (Å²) in [5.41, 5.74) is 5.97. The SMILES string of the molecule is CCN(CC1CCC1)C(N)=NC1CC1. The van der Waals surface area contributed by atoms with Crippen LogP contribution in [0.5, 0.6) is 0 Å². The van der Waals surface area contributed by atoms with Gasteiger partial charge in [0.1, 0.15) is 0 Å². The lowest BCUT2D eigenvalue weighted by atomic mass is 9.85. The van der Waals surface area contributed by atoms with E-state index in [1.165, 1.54) is 32.1 Å². The highest BCUT2D eigenvalue weighted by atomic mass is 15.3. The van der Waals surface area contributed by atoms with Gasteiger partial charge in [0.15, 0.2) is 5.96 Å². The van der Waals surface area contributed by atoms with Crippen LogP contribution in [-0.2, 0) is 0 Å². The predicted molar refractivity (Wildman–Crippen MR) is 59.2 cm³/mol. The van der Waals surface area contributed by atoms with E-state index in [0.29, 0.717) is 6.04 Å². The topological polar surface area (TPSA) is 41.6 Å². The lowest BCUT2D eigenvalue weighted by Gasteiger charge is -2.32. The molecule has 0 amide bonds. The maximum Gasteiger partial charge on any atom is 0.191 e. The van der Waals surface area contributed by atoms with Gasteiger partial charge in [-0.2, -0.15) is 0 Å². The highest BCUT2D eigenvalue weighted by Gasteiger charge is 2.24. The van der Waals surface area contributed by atoms with Crippen molar-refractivity contribution in [3.05, 3.63) is 0 Å². The normalized spacial score (nSPS) is 23.4. The number of guanidine groups is 1. The van der Waals surface area contributed by atoms with Crippen molar-refractivity contribution in [1.29, 1.82) is 0 Å². The molecule has 2 rings (SSSR count). The third-order valence-corrected chi connectivity index (χ3v) is 3.27. The molecule has 0 atom stereocenters. The smallest absolute Gasteiger partial charge is 0.191 e. The molecule has 2 fully saturated rings. The predicted octanol–water partition coefficient (Wildman–Crippen LogP) is 1.59. The second-order valence-electron chi connectivity index (χ2n) is 4.55. The number of nitrogens with zero attached hydrogens (tertiary/aromatic N) is 2. The van der Waals surface area contributed by atoms with Crippen LogP contribution in [0, 0.1) is 5.92 Å². The summed E-state index contributed by atoms with van der Waals surface area (Å²) in [6, 6.07) is 0.547. The van der Waals surface area contributed by atoms with Crippen molar-refractivity contribution in [2.45, 2.75) is 45.1 Å². The van der Waals surface area contributed by atoms with Crippen LogP contribution in [-0.4, -0.2) is 30.0 Å². The van der Waals surface area contributed by atoms with Gasteiger partial charge >= 0.3 is 0 Å². The molecule has 0 aromatic heterocycles. The van der Waals surface area contributed by atoms with Gasteiger partial charge in [0, 0.05) is 13.1 Å². The Kier molecular flexibility index (Phi) is 2.94. The summed E-state index contributed by atoms with van der Waals surface area (Å²) in [7, 11) is 0. The molecule has 0 heterocycles. The van der Waals surface area contributed by atoms with Crippen LogP contribution in [0.15, 0.2) is 4.99 Å². The van der Waals surface area contributed by atoms with E-state index in [9.17, 15) is 0 Å². The second-order valence-corrected chi connectivity index (χ2v) is 4.55. The van der Waals surface area contributed by atoms with Crippen molar-refractivity contribution in [3.63, 3.8) is 0 Å². The largest absolute Gasteiger partial charge is 0.370 e. The van der Waals surface area contributed by atoms with Crippen molar-refractivity contribution in [1.82, 2.24) is 4.90 Å². The maximum atomic E-state index is 5.97. The summed E-state index contributed by atoms with van der Waals surface area (Å²) in [5.74, 6) is 1.66. The quantitative estimate of drug-likeness (QED) is 0.546. The van der Waals surface area contributed by atoms with E-state index in [4.69, 9.17) is 5.73 Å². The average molecular weight is 195 g/mol. The van der Waals surface area contributed by atoms with Crippen LogP contribution in [0.4, 0.5) is 0 Å². The summed E-state index contributed by atoms with van der Waals surface area (Å²) in [6.07, 6.45) is 6.64. The number of aliphatic imine (C=N–C) groups is 1. The molecule has 0 aromatic rings. The molecular weight excluding hydrogens is 174 g/mol. The Bertz CT molecular complexity index is 217. The van der Waals surface area contributed by atoms with Crippen LogP contribution in [0.1, 0.15) is 39.0 Å². The molecule has 80 valence electrons. The molecule has 0 radical (unpaired) electrons. The van der Waals surface area contributed by atoms with Crippen LogP contribution in [0.25, 0.3) is 0 Å². The van der Waals surface area contributed by atoms with Gasteiger partial charge in [0.2, 0.25) is 0 Å². The van der Waals surface area contributed by atoms with Crippen molar-refractivity contribution in [2.75, 3.05) is 13.1 Å². The lowest BCUT2D eigenvalue weighted by molar-refractivity contribution is 0.243. The molecule has 0 saturated heterocycles. The first-order valence-electron chi connectivity index (χ1n) is 5.87. The first-order chi connectivity index (χ1) is 6.79. The summed E-state index contributed by atoms with van der Waals surface area (Å²) in [4.78, 5) is 6.73. The van der Waals surface area contributed by atoms with Gasteiger partial charge < -0.3 is 10.6 Å². The first kappa shape index (κ1) is 9.81. The fraction of sp³-hybridized carbons (Fsp3) is 0.909. The number of hydrogen-bond donors (Lipinski definition) is 1. The number of rotatable bonds is 4. The molecule has 14 heavy (non-hydrogen) atoms. The lowest BCUT2D eigenvalue weighted by Crippen LogP contribution is -2.42. The summed E-state index contributed by atoms with van der Waals surface area (Å²) < 4.78 is 0. The van der Waals surface area contributed by atoms with Gasteiger partial charge in [-0.25, -0.2) is 4.99 Å². The third-order valence-electron chi connectivity index (χ3n) is 3.27. The van der Waals surface area contributed by atoms with Crippen LogP contribution < -0.4 is 5.73 Å². The minimum absolute atomic E-state index is 0.547. The van der Waals surface area contributed by atoms with Crippen molar-refractivity contribution in [2.24, 2.45) is 16.6 Å². The Morgan fingerprint density at radius 2 is 2.07 bits per heavy atom. The first-order valence-corrected chi connectivity index (χ1v) is 5.87. The van der Waals surface area contributed by atoms with E-state index in [2.05, 4.69) is 16.8 Å². The zero-order chi connectivity index (χ0) is 9.97. The molecule has 2 saturated carbocycles. The monoisotopic (exact) mass is 195 g/mol. The van der Waals surface area contributed by atoms with Gasteiger partial charge in [-0.15, -0.1) is 0 Å². The maximum absolute atomic E-state index is 5.97. The van der Waals surface area contributed by atoms with E-state index >= 15 is 0 Å². The highest BCUT2D eigenvalue weighted by molar-refractivity contribution is 5.78. The van der Waals surface area contributed by atoms with Crippen molar-refractivity contribution >= 4 is 5.96 Å². The van der Waals surface area contributed by atoms with Gasteiger partial charge in [0.25, 0.3) is 0 Å². The average Bonchev–Trinajstić information content (AvgIpc) is 2.86. The van der Waals surface area contributed by atoms with Crippen LogP contribution in [0.3, 0.4) is 0 Å². The minimum atomic E-state index is 0.547. The van der Waals surface area contributed by atoms with Gasteiger partial charge in [-0.1, -0.05) is 6.42 Å². The standard InChI is InChI=1S/C11H21N3/c1-2-14(8-9-4-3-5-9)11(12)13-10-6-7-10/h9-10H,2-8H2,1H3,(H2,12,13). The molecule has 3 nitrogen and oxygen atoms in total. The summed E-state index contributed by atoms with van der Waals surface area (Å²) >= 11 is 0. The minimum Gasteiger partial charge on any atom is -0.370 e. The molecule has 0 bridgehead atoms. The van der Waals surface area contributed by atoms with Gasteiger partial charge in [0.05, 0.1) is 6.04 Å². The van der Waals surface area contributed by atoms with E-state index in [1.54, 1.807) is 0 Å². The zero-order valence-corrected chi connectivity index (χ0v) is 9.08. The van der Waals surface area contributed by atoms with Crippen LogP contribution in [0.2, 0.25) is 0 Å². The van der Waals surface area contributed by atoms with Gasteiger partial charge in [-0.05, 0) is 38.5 Å².